The molecule has 7 heteroatoms. The molecule has 3 aromatic carbocycles. The second-order valence-corrected chi connectivity index (χ2v) is 7.44. The number of hydrogen-bond acceptors (Lipinski definition) is 5. The van der Waals surface area contributed by atoms with Gasteiger partial charge in [-0.25, -0.2) is 5.43 Å². The number of hydrazone groups is 1. The summed E-state index contributed by atoms with van der Waals surface area (Å²) in [5.74, 6) is 0.713. The van der Waals surface area contributed by atoms with Crippen molar-refractivity contribution < 1.29 is 14.3 Å². The summed E-state index contributed by atoms with van der Waals surface area (Å²) in [6.07, 6.45) is 1.58. The first-order valence-corrected chi connectivity index (χ1v) is 9.95. The Bertz CT molecular complexity index is 976. The van der Waals surface area contributed by atoms with E-state index in [2.05, 4.69) is 10.5 Å². The summed E-state index contributed by atoms with van der Waals surface area (Å²) in [4.78, 5) is 14.1. The number of rotatable bonds is 8. The van der Waals surface area contributed by atoms with Crippen LogP contribution in [0.2, 0.25) is 5.02 Å². The fraction of sp³-hybridized carbons (Fsp3) is 0.0909. The summed E-state index contributed by atoms with van der Waals surface area (Å²) in [6.45, 7) is -0.158. The minimum atomic E-state index is -0.359. The van der Waals surface area contributed by atoms with Crippen molar-refractivity contribution in [3.8, 4) is 11.5 Å². The normalized spacial score (nSPS) is 10.7. The number of methoxy groups -OCH3 is 1. The summed E-state index contributed by atoms with van der Waals surface area (Å²) in [7, 11) is 1.55. The third-order valence-electron chi connectivity index (χ3n) is 3.76. The van der Waals surface area contributed by atoms with Gasteiger partial charge in [0.1, 0.15) is 0 Å². The van der Waals surface area contributed by atoms with Gasteiger partial charge in [0.2, 0.25) is 0 Å². The Morgan fingerprint density at radius 3 is 2.28 bits per heavy atom. The van der Waals surface area contributed by atoms with Gasteiger partial charge < -0.3 is 9.47 Å². The maximum atomic E-state index is 11.9. The van der Waals surface area contributed by atoms with Crippen LogP contribution >= 0.6 is 23.4 Å². The number of carbonyl (C=O) groups excluding carboxylic acids is 1. The van der Waals surface area contributed by atoms with Crippen molar-refractivity contribution in [3.63, 3.8) is 0 Å². The molecule has 0 aromatic heterocycles. The van der Waals surface area contributed by atoms with Crippen LogP contribution < -0.4 is 14.9 Å². The molecule has 0 saturated heterocycles. The lowest BCUT2D eigenvalue weighted by Crippen LogP contribution is -2.24. The molecule has 3 rings (SSSR count). The van der Waals surface area contributed by atoms with E-state index in [1.807, 2.05) is 60.7 Å². The van der Waals surface area contributed by atoms with Crippen LogP contribution in [0.5, 0.6) is 11.5 Å². The van der Waals surface area contributed by atoms with Crippen LogP contribution in [0.15, 0.2) is 87.7 Å². The number of para-hydroxylation sites is 2. The van der Waals surface area contributed by atoms with Crippen molar-refractivity contribution in [1.29, 1.82) is 0 Å². The highest BCUT2D eigenvalue weighted by atomic mass is 35.5. The molecular formula is C22H19ClN2O3S. The molecule has 0 saturated carbocycles. The lowest BCUT2D eigenvalue weighted by Gasteiger charge is -2.09. The fourth-order valence-corrected chi connectivity index (χ4v) is 3.30. The first-order valence-electron chi connectivity index (χ1n) is 8.75. The van der Waals surface area contributed by atoms with Gasteiger partial charge in [0, 0.05) is 14.8 Å². The van der Waals surface area contributed by atoms with E-state index in [1.54, 1.807) is 37.2 Å². The first kappa shape index (κ1) is 20.8. The molecule has 29 heavy (non-hydrogen) atoms. The lowest BCUT2D eigenvalue weighted by atomic mass is 10.2. The van der Waals surface area contributed by atoms with Crippen molar-refractivity contribution >= 4 is 35.5 Å². The number of nitrogens with zero attached hydrogens (tertiary/aromatic N) is 1. The number of benzene rings is 3. The molecule has 1 N–H and O–H groups in total. The van der Waals surface area contributed by atoms with Crippen LogP contribution in [0.3, 0.4) is 0 Å². The van der Waals surface area contributed by atoms with Crippen LogP contribution in [0.25, 0.3) is 0 Å². The topological polar surface area (TPSA) is 59.9 Å². The zero-order chi connectivity index (χ0) is 20.5. The zero-order valence-corrected chi connectivity index (χ0v) is 17.2. The Morgan fingerprint density at radius 2 is 1.62 bits per heavy atom. The Morgan fingerprint density at radius 1 is 1.00 bits per heavy atom. The van der Waals surface area contributed by atoms with Crippen LogP contribution in [0.4, 0.5) is 0 Å². The van der Waals surface area contributed by atoms with Crippen LogP contribution in [-0.2, 0) is 4.79 Å². The van der Waals surface area contributed by atoms with E-state index < -0.39 is 0 Å². The van der Waals surface area contributed by atoms with Gasteiger partial charge in [0.05, 0.1) is 13.3 Å². The highest BCUT2D eigenvalue weighted by Crippen LogP contribution is 2.28. The van der Waals surface area contributed by atoms with Crippen molar-refractivity contribution in [1.82, 2.24) is 5.43 Å². The molecule has 0 unspecified atom stereocenters. The van der Waals surface area contributed by atoms with E-state index >= 15 is 0 Å². The molecule has 1 amide bonds. The molecule has 0 aliphatic rings. The molecule has 0 aliphatic heterocycles. The largest absolute Gasteiger partial charge is 0.493 e. The maximum absolute atomic E-state index is 11.9. The van der Waals surface area contributed by atoms with E-state index in [0.29, 0.717) is 11.5 Å². The molecule has 0 radical (unpaired) electrons. The summed E-state index contributed by atoms with van der Waals surface area (Å²) in [5, 5.41) is 4.68. The lowest BCUT2D eigenvalue weighted by molar-refractivity contribution is -0.123. The molecule has 0 atom stereocenters. The van der Waals surface area contributed by atoms with E-state index in [-0.39, 0.29) is 12.5 Å². The van der Waals surface area contributed by atoms with Crippen LogP contribution in [-0.4, -0.2) is 25.8 Å². The summed E-state index contributed by atoms with van der Waals surface area (Å²) < 4.78 is 10.6. The van der Waals surface area contributed by atoms with Gasteiger partial charge in [-0.05, 0) is 54.1 Å². The molecule has 0 aliphatic carbocycles. The molecule has 0 heterocycles. The smallest absolute Gasteiger partial charge is 0.277 e. The molecule has 5 nitrogen and oxygen atoms in total. The summed E-state index contributed by atoms with van der Waals surface area (Å²) in [5.41, 5.74) is 3.32. The third-order valence-corrected chi connectivity index (χ3v) is 5.03. The third kappa shape index (κ3) is 6.55. The predicted molar refractivity (Wildman–Crippen MR) is 116 cm³/mol. The quantitative estimate of drug-likeness (QED) is 0.405. The highest BCUT2D eigenvalue weighted by molar-refractivity contribution is 7.99. The molecular weight excluding hydrogens is 408 g/mol. The SMILES string of the molecule is COc1ccccc1OCC(=O)N/N=C/c1ccc(Sc2ccc(Cl)cc2)cc1. The minimum Gasteiger partial charge on any atom is -0.493 e. The number of hydrogen-bond donors (Lipinski definition) is 1. The van der Waals surface area contributed by atoms with Gasteiger partial charge in [-0.2, -0.15) is 5.10 Å². The van der Waals surface area contributed by atoms with Crippen molar-refractivity contribution in [3.05, 3.63) is 83.4 Å². The Balaban J connectivity index is 1.47. The number of ether oxygens (including phenoxy) is 2. The standard InChI is InChI=1S/C22H19ClN2O3S/c1-27-20-4-2-3-5-21(20)28-15-22(26)25-24-14-16-6-10-18(11-7-16)29-19-12-8-17(23)9-13-19/h2-14H,15H2,1H3,(H,25,26)/b24-14+. The summed E-state index contributed by atoms with van der Waals surface area (Å²) in [6, 6.07) is 22.7. The van der Waals surface area contributed by atoms with Crippen LogP contribution in [0.1, 0.15) is 5.56 Å². The Labute approximate surface area is 178 Å². The molecule has 148 valence electrons. The van der Waals surface area contributed by atoms with Gasteiger partial charge in [-0.3, -0.25) is 4.79 Å². The van der Waals surface area contributed by atoms with Crippen molar-refractivity contribution in [2.24, 2.45) is 5.10 Å². The molecule has 0 spiro atoms. The number of nitrogens with one attached hydrogen (secondary N) is 1. The van der Waals surface area contributed by atoms with E-state index in [9.17, 15) is 4.79 Å². The van der Waals surface area contributed by atoms with E-state index in [4.69, 9.17) is 21.1 Å². The van der Waals surface area contributed by atoms with Crippen LogP contribution in [0, 0.1) is 0 Å². The monoisotopic (exact) mass is 426 g/mol. The van der Waals surface area contributed by atoms with E-state index in [1.165, 1.54) is 0 Å². The van der Waals surface area contributed by atoms with Gasteiger partial charge in [-0.1, -0.05) is 47.6 Å². The maximum Gasteiger partial charge on any atom is 0.277 e. The molecule has 0 fully saturated rings. The minimum absolute atomic E-state index is 0.158. The fourth-order valence-electron chi connectivity index (χ4n) is 2.35. The molecule has 3 aromatic rings. The predicted octanol–water partition coefficient (Wildman–Crippen LogP) is 5.03. The summed E-state index contributed by atoms with van der Waals surface area (Å²) >= 11 is 7.55. The second kappa shape index (κ2) is 10.5. The van der Waals surface area contributed by atoms with Crippen molar-refractivity contribution in [2.45, 2.75) is 9.79 Å². The van der Waals surface area contributed by atoms with E-state index in [0.717, 1.165) is 20.4 Å². The van der Waals surface area contributed by atoms with Gasteiger partial charge in [0.25, 0.3) is 5.91 Å². The first-order chi connectivity index (χ1) is 14.1. The second-order valence-electron chi connectivity index (χ2n) is 5.86. The highest BCUT2D eigenvalue weighted by Gasteiger charge is 2.06. The Kier molecular flexibility index (Phi) is 7.55. The number of carbonyl (C=O) groups is 1. The van der Waals surface area contributed by atoms with Crippen molar-refractivity contribution in [2.75, 3.05) is 13.7 Å². The average molecular weight is 427 g/mol. The average Bonchev–Trinajstić information content (AvgIpc) is 2.75. The Hall–Kier alpha value is -2.96. The van der Waals surface area contributed by atoms with Gasteiger partial charge in [-0.15, -0.1) is 0 Å². The van der Waals surface area contributed by atoms with Gasteiger partial charge in [0.15, 0.2) is 18.1 Å². The van der Waals surface area contributed by atoms with Gasteiger partial charge >= 0.3 is 0 Å². The molecule has 0 bridgehead atoms. The number of halogens is 1. The number of amides is 1. The zero-order valence-electron chi connectivity index (χ0n) is 15.7.